The maximum Gasteiger partial charge on any atom is 0.254 e. The highest BCUT2D eigenvalue weighted by Crippen LogP contribution is 2.23. The molecule has 1 aromatic carbocycles. The van der Waals surface area contributed by atoms with E-state index in [0.717, 1.165) is 0 Å². The molecule has 0 spiro atoms. The van der Waals surface area contributed by atoms with Crippen LogP contribution < -0.4 is 10.3 Å². The number of aryl methyl sites for hydroxylation is 1. The normalized spacial score (nSPS) is 10.5. The number of benzene rings is 1. The summed E-state index contributed by atoms with van der Waals surface area (Å²) >= 11 is 0. The van der Waals surface area contributed by atoms with Gasteiger partial charge in [0.1, 0.15) is 5.82 Å². The minimum Gasteiger partial charge on any atom is -0.494 e. The van der Waals surface area contributed by atoms with Gasteiger partial charge in [0.15, 0.2) is 11.6 Å². The van der Waals surface area contributed by atoms with Crippen molar-refractivity contribution in [3.05, 3.63) is 45.6 Å². The van der Waals surface area contributed by atoms with Crippen LogP contribution >= 0.6 is 0 Å². The molecule has 0 bridgehead atoms. The molecule has 0 aliphatic heterocycles. The fourth-order valence-electron chi connectivity index (χ4n) is 1.97. The van der Waals surface area contributed by atoms with E-state index in [4.69, 9.17) is 4.74 Å². The van der Waals surface area contributed by atoms with E-state index in [0.29, 0.717) is 29.1 Å². The zero-order valence-corrected chi connectivity index (χ0v) is 11.1. The molecular weight excluding hydrogens is 247 g/mol. The molecule has 4 nitrogen and oxygen atoms in total. The predicted molar refractivity (Wildman–Crippen MR) is 70.9 cm³/mol. The Kier molecular flexibility index (Phi) is 3.64. The van der Waals surface area contributed by atoms with Gasteiger partial charge in [0.25, 0.3) is 5.56 Å². The second-order valence-electron chi connectivity index (χ2n) is 4.18. The molecule has 1 aromatic heterocycles. The molecular formula is C14H15FN2O2. The summed E-state index contributed by atoms with van der Waals surface area (Å²) < 4.78 is 18.3. The van der Waals surface area contributed by atoms with Gasteiger partial charge in [-0.1, -0.05) is 6.92 Å². The van der Waals surface area contributed by atoms with Gasteiger partial charge in [0.2, 0.25) is 0 Å². The van der Waals surface area contributed by atoms with Crippen LogP contribution in [0.4, 0.5) is 4.39 Å². The lowest BCUT2D eigenvalue weighted by atomic mass is 10.1. The Balaban J connectivity index is 2.56. The number of methoxy groups -OCH3 is 1. The SMILES string of the molecule is CCc1c(C)nc(-c2ccc(F)c(OC)c2)[nH]c1=O. The number of hydrogen-bond acceptors (Lipinski definition) is 3. The summed E-state index contributed by atoms with van der Waals surface area (Å²) in [7, 11) is 1.39. The molecule has 0 aliphatic carbocycles. The fraction of sp³-hybridized carbons (Fsp3) is 0.286. The van der Waals surface area contributed by atoms with Gasteiger partial charge < -0.3 is 9.72 Å². The Morgan fingerprint density at radius 1 is 1.42 bits per heavy atom. The van der Waals surface area contributed by atoms with Gasteiger partial charge in [-0.2, -0.15) is 0 Å². The van der Waals surface area contributed by atoms with Gasteiger partial charge in [-0.3, -0.25) is 4.79 Å². The van der Waals surface area contributed by atoms with Crippen molar-refractivity contribution in [3.63, 3.8) is 0 Å². The molecule has 0 radical (unpaired) electrons. The summed E-state index contributed by atoms with van der Waals surface area (Å²) in [6.07, 6.45) is 0.626. The van der Waals surface area contributed by atoms with Crippen molar-refractivity contribution >= 4 is 0 Å². The minimum atomic E-state index is -0.449. The first-order valence-corrected chi connectivity index (χ1v) is 6.00. The number of nitrogens with zero attached hydrogens (tertiary/aromatic N) is 1. The van der Waals surface area contributed by atoms with Crippen LogP contribution in [0, 0.1) is 12.7 Å². The third kappa shape index (κ3) is 2.50. The van der Waals surface area contributed by atoms with E-state index in [1.165, 1.54) is 19.2 Å². The van der Waals surface area contributed by atoms with E-state index in [1.54, 1.807) is 13.0 Å². The molecule has 1 heterocycles. The van der Waals surface area contributed by atoms with Crippen molar-refractivity contribution in [1.82, 2.24) is 9.97 Å². The Labute approximate surface area is 110 Å². The summed E-state index contributed by atoms with van der Waals surface area (Å²) in [5.41, 5.74) is 1.80. The standard InChI is InChI=1S/C14H15FN2O2/c1-4-10-8(2)16-13(17-14(10)18)9-5-6-11(15)12(7-9)19-3/h5-7H,4H2,1-3H3,(H,16,17,18). The van der Waals surface area contributed by atoms with Crippen LogP contribution in [0.25, 0.3) is 11.4 Å². The Hall–Kier alpha value is -2.17. The quantitative estimate of drug-likeness (QED) is 0.924. The molecule has 100 valence electrons. The molecule has 0 aliphatic rings. The van der Waals surface area contributed by atoms with Crippen LogP contribution in [-0.2, 0) is 6.42 Å². The minimum absolute atomic E-state index is 0.123. The lowest BCUT2D eigenvalue weighted by Crippen LogP contribution is -2.16. The molecule has 2 aromatic rings. The number of hydrogen-bond donors (Lipinski definition) is 1. The van der Waals surface area contributed by atoms with Crippen molar-refractivity contribution in [2.45, 2.75) is 20.3 Å². The van der Waals surface area contributed by atoms with Crippen LogP contribution in [0.1, 0.15) is 18.2 Å². The van der Waals surface area contributed by atoms with Crippen molar-refractivity contribution in [2.24, 2.45) is 0 Å². The van der Waals surface area contributed by atoms with E-state index < -0.39 is 5.82 Å². The average Bonchev–Trinajstić information content (AvgIpc) is 2.39. The zero-order valence-electron chi connectivity index (χ0n) is 11.1. The predicted octanol–water partition coefficient (Wildman–Crippen LogP) is 2.46. The van der Waals surface area contributed by atoms with Crippen molar-refractivity contribution < 1.29 is 9.13 Å². The molecule has 5 heteroatoms. The maximum atomic E-state index is 13.3. The van der Waals surface area contributed by atoms with Gasteiger partial charge in [-0.15, -0.1) is 0 Å². The molecule has 0 unspecified atom stereocenters. The molecule has 0 saturated heterocycles. The van der Waals surface area contributed by atoms with Crippen molar-refractivity contribution in [3.8, 4) is 17.1 Å². The first-order valence-electron chi connectivity index (χ1n) is 6.00. The van der Waals surface area contributed by atoms with Gasteiger partial charge >= 0.3 is 0 Å². The highest BCUT2D eigenvalue weighted by atomic mass is 19.1. The van der Waals surface area contributed by atoms with Gasteiger partial charge in [0.05, 0.1) is 7.11 Å². The van der Waals surface area contributed by atoms with Crippen molar-refractivity contribution in [1.29, 1.82) is 0 Å². The van der Waals surface area contributed by atoms with Crippen molar-refractivity contribution in [2.75, 3.05) is 7.11 Å². The van der Waals surface area contributed by atoms with Gasteiger partial charge in [-0.05, 0) is 31.5 Å². The summed E-state index contributed by atoms with van der Waals surface area (Å²) in [6.45, 7) is 3.69. The molecule has 2 rings (SSSR count). The summed E-state index contributed by atoms with van der Waals surface area (Å²) in [6, 6.07) is 4.36. The number of ether oxygens (including phenoxy) is 1. The lowest BCUT2D eigenvalue weighted by Gasteiger charge is -2.07. The van der Waals surface area contributed by atoms with Crippen LogP contribution in [0.2, 0.25) is 0 Å². The molecule has 0 fully saturated rings. The largest absolute Gasteiger partial charge is 0.494 e. The number of nitrogens with one attached hydrogen (secondary N) is 1. The third-order valence-electron chi connectivity index (χ3n) is 3.00. The molecule has 0 amide bonds. The Bertz CT molecular complexity index is 665. The highest BCUT2D eigenvalue weighted by molar-refractivity contribution is 5.58. The lowest BCUT2D eigenvalue weighted by molar-refractivity contribution is 0.386. The number of aromatic amines is 1. The van der Waals surface area contributed by atoms with E-state index in [9.17, 15) is 9.18 Å². The topological polar surface area (TPSA) is 55.0 Å². The zero-order chi connectivity index (χ0) is 14.0. The first kappa shape index (κ1) is 13.3. The van der Waals surface area contributed by atoms with Crippen LogP contribution in [0.5, 0.6) is 5.75 Å². The van der Waals surface area contributed by atoms with Crippen LogP contribution in [0.15, 0.2) is 23.0 Å². The summed E-state index contributed by atoms with van der Waals surface area (Å²) in [4.78, 5) is 18.9. The fourth-order valence-corrected chi connectivity index (χ4v) is 1.97. The van der Waals surface area contributed by atoms with Gasteiger partial charge in [0, 0.05) is 16.8 Å². The number of rotatable bonds is 3. The van der Waals surface area contributed by atoms with E-state index in [2.05, 4.69) is 9.97 Å². The first-order chi connectivity index (χ1) is 9.06. The molecule has 1 N–H and O–H groups in total. The van der Waals surface area contributed by atoms with E-state index in [-0.39, 0.29) is 11.3 Å². The Morgan fingerprint density at radius 2 is 2.16 bits per heavy atom. The molecule has 0 atom stereocenters. The van der Waals surface area contributed by atoms with Gasteiger partial charge in [-0.25, -0.2) is 9.37 Å². The second kappa shape index (κ2) is 5.22. The third-order valence-corrected chi connectivity index (χ3v) is 3.00. The van der Waals surface area contributed by atoms with Crippen LogP contribution in [-0.4, -0.2) is 17.1 Å². The number of H-pyrrole nitrogens is 1. The maximum absolute atomic E-state index is 13.3. The Morgan fingerprint density at radius 3 is 2.74 bits per heavy atom. The van der Waals surface area contributed by atoms with Crippen LogP contribution in [0.3, 0.4) is 0 Å². The summed E-state index contributed by atoms with van der Waals surface area (Å²) in [5, 5.41) is 0. The highest BCUT2D eigenvalue weighted by Gasteiger charge is 2.10. The molecule has 0 saturated carbocycles. The smallest absolute Gasteiger partial charge is 0.254 e. The second-order valence-corrected chi connectivity index (χ2v) is 4.18. The summed E-state index contributed by atoms with van der Waals surface area (Å²) in [5.74, 6) is 0.0888. The average molecular weight is 262 g/mol. The number of halogens is 1. The monoisotopic (exact) mass is 262 g/mol. The number of aromatic nitrogens is 2. The van der Waals surface area contributed by atoms with E-state index in [1.807, 2.05) is 6.92 Å². The van der Waals surface area contributed by atoms with E-state index >= 15 is 0 Å². The molecule has 19 heavy (non-hydrogen) atoms.